The maximum Gasteiger partial charge on any atom is 0.234 e. The maximum atomic E-state index is 9.18. The van der Waals surface area contributed by atoms with Crippen LogP contribution in [-0.2, 0) is 0 Å². The molecule has 0 aliphatic heterocycles. The molecule has 11 heavy (non-hydrogen) atoms. The number of aromatic nitrogens is 2. The van der Waals surface area contributed by atoms with Crippen molar-refractivity contribution in [2.45, 2.75) is 0 Å². The normalized spacial score (nSPS) is 10.5. The Hall–Kier alpha value is -1.71. The number of hydrogen-bond acceptors (Lipinski definition) is 3. The molecule has 4 nitrogen and oxygen atoms in total. The number of nitrogens with zero attached hydrogens (tertiary/aromatic N) is 1. The number of aromatic amines is 1. The number of aromatic hydroxyl groups is 2. The SMILES string of the molecule is Oc1[nH]c2ncccc2c1O. The van der Waals surface area contributed by atoms with Gasteiger partial charge >= 0.3 is 0 Å². The molecule has 0 bridgehead atoms. The van der Waals surface area contributed by atoms with Gasteiger partial charge in [-0.1, -0.05) is 0 Å². The Morgan fingerprint density at radius 2 is 2.18 bits per heavy atom. The lowest BCUT2D eigenvalue weighted by atomic mass is 10.3. The monoisotopic (exact) mass is 150 g/mol. The minimum absolute atomic E-state index is 0.145. The van der Waals surface area contributed by atoms with Gasteiger partial charge in [-0.3, -0.25) is 0 Å². The van der Waals surface area contributed by atoms with E-state index in [2.05, 4.69) is 9.97 Å². The first kappa shape index (κ1) is 6.03. The van der Waals surface area contributed by atoms with Gasteiger partial charge in [0.25, 0.3) is 0 Å². The lowest BCUT2D eigenvalue weighted by Gasteiger charge is -1.85. The summed E-state index contributed by atoms with van der Waals surface area (Å²) in [5.41, 5.74) is 0.488. The summed E-state index contributed by atoms with van der Waals surface area (Å²) < 4.78 is 0. The highest BCUT2D eigenvalue weighted by atomic mass is 16.3. The quantitative estimate of drug-likeness (QED) is 0.524. The largest absolute Gasteiger partial charge is 0.503 e. The van der Waals surface area contributed by atoms with Crippen LogP contribution in [0.4, 0.5) is 0 Å². The van der Waals surface area contributed by atoms with Gasteiger partial charge in [-0.2, -0.15) is 0 Å². The third-order valence-electron chi connectivity index (χ3n) is 1.52. The van der Waals surface area contributed by atoms with E-state index in [1.807, 2.05) is 0 Å². The highest BCUT2D eigenvalue weighted by molar-refractivity contribution is 5.85. The first-order chi connectivity index (χ1) is 5.29. The molecule has 3 N–H and O–H groups in total. The van der Waals surface area contributed by atoms with E-state index in [1.54, 1.807) is 18.3 Å². The van der Waals surface area contributed by atoms with Gasteiger partial charge in [0.15, 0.2) is 5.75 Å². The van der Waals surface area contributed by atoms with Gasteiger partial charge < -0.3 is 15.2 Å². The van der Waals surface area contributed by atoms with Gasteiger partial charge in [0.2, 0.25) is 5.88 Å². The number of fused-ring (bicyclic) bond motifs is 1. The van der Waals surface area contributed by atoms with E-state index in [0.717, 1.165) is 0 Å². The molecule has 0 saturated heterocycles. The second kappa shape index (κ2) is 1.88. The van der Waals surface area contributed by atoms with Crippen molar-refractivity contribution in [3.05, 3.63) is 18.3 Å². The third kappa shape index (κ3) is 0.724. The van der Waals surface area contributed by atoms with Crippen molar-refractivity contribution in [2.75, 3.05) is 0 Å². The lowest BCUT2D eigenvalue weighted by Crippen LogP contribution is -1.71. The van der Waals surface area contributed by atoms with E-state index in [4.69, 9.17) is 5.11 Å². The van der Waals surface area contributed by atoms with Crippen LogP contribution >= 0.6 is 0 Å². The summed E-state index contributed by atoms with van der Waals surface area (Å²) >= 11 is 0. The van der Waals surface area contributed by atoms with Crippen molar-refractivity contribution < 1.29 is 10.2 Å². The number of nitrogens with one attached hydrogen (secondary N) is 1. The summed E-state index contributed by atoms with van der Waals surface area (Å²) in [6.45, 7) is 0. The standard InChI is InChI=1S/C7H6N2O2/c10-5-4-2-1-3-8-6(4)9-7(5)11/h1-3,10-11H,(H,8,9). The van der Waals surface area contributed by atoms with Crippen LogP contribution in [0, 0.1) is 0 Å². The molecule has 0 aromatic carbocycles. The molecule has 2 aromatic heterocycles. The molecular weight excluding hydrogens is 144 g/mol. The van der Waals surface area contributed by atoms with Gasteiger partial charge in [-0.05, 0) is 12.1 Å². The lowest BCUT2D eigenvalue weighted by molar-refractivity contribution is 0.398. The zero-order valence-electron chi connectivity index (χ0n) is 5.57. The van der Waals surface area contributed by atoms with Gasteiger partial charge in [0.1, 0.15) is 5.65 Å². The number of rotatable bonds is 0. The minimum atomic E-state index is -0.237. The molecule has 0 spiro atoms. The second-order valence-corrected chi connectivity index (χ2v) is 2.22. The number of pyridine rings is 1. The summed E-state index contributed by atoms with van der Waals surface area (Å²) in [4.78, 5) is 6.41. The Bertz CT molecular complexity index is 394. The predicted molar refractivity (Wildman–Crippen MR) is 39.4 cm³/mol. The fourth-order valence-electron chi connectivity index (χ4n) is 0.995. The number of H-pyrrole nitrogens is 1. The summed E-state index contributed by atoms with van der Waals surface area (Å²) in [6, 6.07) is 3.36. The van der Waals surface area contributed by atoms with Crippen molar-refractivity contribution in [1.82, 2.24) is 9.97 Å². The minimum Gasteiger partial charge on any atom is -0.503 e. The fourth-order valence-corrected chi connectivity index (χ4v) is 0.995. The van der Waals surface area contributed by atoms with Crippen LogP contribution in [0.3, 0.4) is 0 Å². The summed E-state index contributed by atoms with van der Waals surface area (Å²) in [7, 11) is 0. The maximum absolute atomic E-state index is 9.18. The first-order valence-corrected chi connectivity index (χ1v) is 3.13. The Balaban J connectivity index is 2.92. The third-order valence-corrected chi connectivity index (χ3v) is 1.52. The molecule has 56 valence electrons. The molecule has 0 radical (unpaired) electrons. The van der Waals surface area contributed by atoms with Crippen molar-refractivity contribution in [3.8, 4) is 11.6 Å². The fraction of sp³-hybridized carbons (Fsp3) is 0. The summed E-state index contributed by atoms with van der Waals surface area (Å²) in [5, 5.41) is 18.7. The van der Waals surface area contributed by atoms with Gasteiger partial charge in [-0.15, -0.1) is 0 Å². The van der Waals surface area contributed by atoms with E-state index in [-0.39, 0.29) is 11.6 Å². The van der Waals surface area contributed by atoms with E-state index in [9.17, 15) is 5.11 Å². The Morgan fingerprint density at radius 1 is 1.36 bits per heavy atom. The molecule has 2 heterocycles. The summed E-state index contributed by atoms with van der Waals surface area (Å²) in [6.07, 6.45) is 1.58. The average Bonchev–Trinajstić information content (AvgIpc) is 2.30. The van der Waals surface area contributed by atoms with Crippen LogP contribution in [0.5, 0.6) is 11.6 Å². The van der Waals surface area contributed by atoms with Crippen molar-refractivity contribution in [1.29, 1.82) is 0 Å². The molecule has 0 amide bonds. The predicted octanol–water partition coefficient (Wildman–Crippen LogP) is 0.974. The molecule has 0 saturated carbocycles. The molecular formula is C7H6N2O2. The van der Waals surface area contributed by atoms with E-state index >= 15 is 0 Å². The first-order valence-electron chi connectivity index (χ1n) is 3.13. The number of hydrogen-bond donors (Lipinski definition) is 3. The molecule has 0 unspecified atom stereocenters. The van der Waals surface area contributed by atoms with Crippen LogP contribution < -0.4 is 0 Å². The zero-order valence-corrected chi connectivity index (χ0v) is 5.57. The van der Waals surface area contributed by atoms with Crippen LogP contribution in [0.2, 0.25) is 0 Å². The van der Waals surface area contributed by atoms with E-state index in [0.29, 0.717) is 11.0 Å². The zero-order chi connectivity index (χ0) is 7.84. The molecule has 0 aliphatic carbocycles. The second-order valence-electron chi connectivity index (χ2n) is 2.22. The summed E-state index contributed by atoms with van der Waals surface area (Å²) in [5.74, 6) is -0.383. The Kier molecular flexibility index (Phi) is 1.03. The Morgan fingerprint density at radius 3 is 2.91 bits per heavy atom. The van der Waals surface area contributed by atoms with Crippen LogP contribution in [0.1, 0.15) is 0 Å². The van der Waals surface area contributed by atoms with Crippen LogP contribution in [0.25, 0.3) is 11.0 Å². The van der Waals surface area contributed by atoms with Gasteiger partial charge in [0, 0.05) is 6.20 Å². The van der Waals surface area contributed by atoms with Crippen molar-refractivity contribution >= 4 is 11.0 Å². The Labute approximate surface area is 62.1 Å². The van der Waals surface area contributed by atoms with E-state index in [1.165, 1.54) is 0 Å². The molecule has 0 fully saturated rings. The van der Waals surface area contributed by atoms with Crippen molar-refractivity contribution in [3.63, 3.8) is 0 Å². The van der Waals surface area contributed by atoms with E-state index < -0.39 is 0 Å². The van der Waals surface area contributed by atoms with Gasteiger partial charge in [-0.25, -0.2) is 4.98 Å². The van der Waals surface area contributed by atoms with Crippen LogP contribution in [-0.4, -0.2) is 20.2 Å². The average molecular weight is 150 g/mol. The highest BCUT2D eigenvalue weighted by Crippen LogP contribution is 2.31. The molecule has 0 aliphatic rings. The molecule has 2 rings (SSSR count). The molecule has 4 heteroatoms. The van der Waals surface area contributed by atoms with Crippen molar-refractivity contribution in [2.24, 2.45) is 0 Å². The van der Waals surface area contributed by atoms with Gasteiger partial charge in [0.05, 0.1) is 5.39 Å². The molecule has 2 aromatic rings. The van der Waals surface area contributed by atoms with Crippen LogP contribution in [0.15, 0.2) is 18.3 Å². The topological polar surface area (TPSA) is 69.1 Å². The molecule has 0 atom stereocenters. The smallest absolute Gasteiger partial charge is 0.234 e. The highest BCUT2D eigenvalue weighted by Gasteiger charge is 2.07.